The lowest BCUT2D eigenvalue weighted by Gasteiger charge is -2.11. The molecule has 0 spiro atoms. The van der Waals surface area contributed by atoms with Crippen molar-refractivity contribution >= 4 is 35.0 Å². The van der Waals surface area contributed by atoms with E-state index < -0.39 is 12.6 Å². The number of benzene rings is 1. The van der Waals surface area contributed by atoms with E-state index in [0.717, 1.165) is 16.7 Å². The zero-order valence-corrected chi connectivity index (χ0v) is 14.4. The molecule has 1 aromatic carbocycles. The number of carboxylic acids is 1. The minimum absolute atomic E-state index is 0.161. The van der Waals surface area contributed by atoms with Crippen LogP contribution in [0.1, 0.15) is 12.5 Å². The number of amides is 2. The van der Waals surface area contributed by atoms with Crippen molar-refractivity contribution in [1.82, 2.24) is 4.90 Å². The Morgan fingerprint density at radius 2 is 2.08 bits per heavy atom. The fourth-order valence-corrected chi connectivity index (χ4v) is 2.93. The molecule has 132 valence electrons. The maximum atomic E-state index is 12.2. The summed E-state index contributed by atoms with van der Waals surface area (Å²) in [6.07, 6.45) is 3.07. The first-order valence-electron chi connectivity index (χ1n) is 7.44. The van der Waals surface area contributed by atoms with Gasteiger partial charge in [0, 0.05) is 6.54 Å². The molecule has 1 heterocycles. The van der Waals surface area contributed by atoms with Crippen LogP contribution in [0.25, 0.3) is 6.08 Å². The van der Waals surface area contributed by atoms with Crippen LogP contribution in [0.15, 0.2) is 35.8 Å². The Balaban J connectivity index is 2.26. The largest absolute Gasteiger partial charge is 0.490 e. The van der Waals surface area contributed by atoms with E-state index in [-0.39, 0.29) is 17.7 Å². The Hall–Kier alpha value is -2.74. The van der Waals surface area contributed by atoms with Crippen LogP contribution in [0.3, 0.4) is 0 Å². The minimum Gasteiger partial charge on any atom is -0.490 e. The van der Waals surface area contributed by atoms with Gasteiger partial charge in [0.2, 0.25) is 0 Å². The monoisotopic (exact) mass is 363 g/mol. The highest BCUT2D eigenvalue weighted by Crippen LogP contribution is 2.34. The van der Waals surface area contributed by atoms with Crippen LogP contribution in [-0.2, 0) is 9.59 Å². The van der Waals surface area contributed by atoms with Crippen LogP contribution in [0, 0.1) is 0 Å². The van der Waals surface area contributed by atoms with Gasteiger partial charge in [-0.3, -0.25) is 14.5 Å². The number of carbonyl (C=O) groups is 3. The highest BCUT2D eigenvalue weighted by atomic mass is 32.2. The number of carbonyl (C=O) groups excluding carboxylic acids is 2. The van der Waals surface area contributed by atoms with Crippen LogP contribution < -0.4 is 9.47 Å². The summed E-state index contributed by atoms with van der Waals surface area (Å²) in [5.41, 5.74) is 0.634. The quantitative estimate of drug-likeness (QED) is 0.561. The number of aliphatic carboxylic acids is 1. The highest BCUT2D eigenvalue weighted by molar-refractivity contribution is 8.18. The number of hydrogen-bond acceptors (Lipinski definition) is 6. The summed E-state index contributed by atoms with van der Waals surface area (Å²) >= 11 is 0.855. The summed E-state index contributed by atoms with van der Waals surface area (Å²) in [7, 11) is 0. The number of ether oxygens (including phenoxy) is 2. The van der Waals surface area contributed by atoms with Crippen molar-refractivity contribution in [3.63, 3.8) is 0 Å². The van der Waals surface area contributed by atoms with Crippen molar-refractivity contribution in [2.24, 2.45) is 0 Å². The van der Waals surface area contributed by atoms with Crippen LogP contribution >= 0.6 is 11.8 Å². The van der Waals surface area contributed by atoms with Gasteiger partial charge in [-0.2, -0.15) is 0 Å². The number of nitrogens with zero attached hydrogens (tertiary/aromatic N) is 1. The number of hydrogen-bond donors (Lipinski definition) is 1. The van der Waals surface area contributed by atoms with Crippen molar-refractivity contribution in [2.75, 3.05) is 19.8 Å². The number of thioether (sulfide) groups is 1. The lowest BCUT2D eigenvalue weighted by Crippen LogP contribution is -2.27. The van der Waals surface area contributed by atoms with Gasteiger partial charge in [0.25, 0.3) is 11.1 Å². The topological polar surface area (TPSA) is 93.1 Å². The van der Waals surface area contributed by atoms with Gasteiger partial charge in [0.15, 0.2) is 18.1 Å². The van der Waals surface area contributed by atoms with Gasteiger partial charge in [-0.25, -0.2) is 4.79 Å². The molecule has 0 aromatic heterocycles. The molecule has 0 aliphatic carbocycles. The average Bonchev–Trinajstić information content (AvgIpc) is 2.82. The Kier molecular flexibility index (Phi) is 6.24. The summed E-state index contributed by atoms with van der Waals surface area (Å²) in [4.78, 5) is 36.1. The van der Waals surface area contributed by atoms with Crippen molar-refractivity contribution in [2.45, 2.75) is 6.92 Å². The van der Waals surface area contributed by atoms with Crippen LogP contribution in [-0.4, -0.2) is 46.9 Å². The Morgan fingerprint density at radius 3 is 2.72 bits per heavy atom. The summed E-state index contributed by atoms with van der Waals surface area (Å²) in [6.45, 7) is 5.35. The highest BCUT2D eigenvalue weighted by Gasteiger charge is 2.34. The lowest BCUT2D eigenvalue weighted by molar-refractivity contribution is -0.139. The van der Waals surface area contributed by atoms with Gasteiger partial charge < -0.3 is 14.6 Å². The van der Waals surface area contributed by atoms with E-state index in [1.807, 2.05) is 0 Å². The van der Waals surface area contributed by atoms with Gasteiger partial charge in [-0.05, 0) is 42.5 Å². The average molecular weight is 363 g/mol. The number of rotatable bonds is 8. The fourth-order valence-electron chi connectivity index (χ4n) is 2.08. The fraction of sp³-hybridized carbons (Fsp3) is 0.235. The van der Waals surface area contributed by atoms with Crippen LogP contribution in [0.5, 0.6) is 11.5 Å². The first-order chi connectivity index (χ1) is 12.0. The van der Waals surface area contributed by atoms with Gasteiger partial charge in [0.05, 0.1) is 11.5 Å². The molecule has 2 amide bonds. The molecule has 0 radical (unpaired) electrons. The zero-order chi connectivity index (χ0) is 18.4. The van der Waals surface area contributed by atoms with Gasteiger partial charge >= 0.3 is 5.97 Å². The van der Waals surface area contributed by atoms with Gasteiger partial charge in [0.1, 0.15) is 0 Å². The van der Waals surface area contributed by atoms with Crippen LogP contribution in [0.4, 0.5) is 4.79 Å². The van der Waals surface area contributed by atoms with Crippen molar-refractivity contribution in [3.8, 4) is 11.5 Å². The molecule has 8 heteroatoms. The van der Waals surface area contributed by atoms with Crippen molar-refractivity contribution in [1.29, 1.82) is 0 Å². The second-order valence-electron chi connectivity index (χ2n) is 4.90. The molecule has 0 atom stereocenters. The Bertz CT molecular complexity index is 743. The number of carboxylic acid groups (broad SMARTS) is 1. The molecule has 1 saturated heterocycles. The van der Waals surface area contributed by atoms with Crippen molar-refractivity contribution < 1.29 is 29.0 Å². The molecule has 0 unspecified atom stereocenters. The second kappa shape index (κ2) is 8.39. The predicted molar refractivity (Wildman–Crippen MR) is 93.6 cm³/mol. The molecule has 25 heavy (non-hydrogen) atoms. The molecule has 2 rings (SSSR count). The Labute approximate surface area is 148 Å². The van der Waals surface area contributed by atoms with E-state index in [4.69, 9.17) is 14.6 Å². The summed E-state index contributed by atoms with van der Waals surface area (Å²) in [5.74, 6) is -0.814. The van der Waals surface area contributed by atoms with E-state index in [9.17, 15) is 14.4 Å². The normalized spacial score (nSPS) is 15.6. The van der Waals surface area contributed by atoms with Gasteiger partial charge in [-0.15, -0.1) is 6.58 Å². The van der Waals surface area contributed by atoms with Gasteiger partial charge in [-0.1, -0.05) is 12.1 Å². The first-order valence-corrected chi connectivity index (χ1v) is 8.25. The van der Waals surface area contributed by atoms with Crippen LogP contribution in [0.2, 0.25) is 0 Å². The summed E-state index contributed by atoms with van der Waals surface area (Å²) in [6, 6.07) is 4.84. The third-order valence-corrected chi connectivity index (χ3v) is 4.01. The number of imide groups is 1. The standard InChI is InChI=1S/C17H17NO6S/c1-3-7-18-16(21)14(25-17(18)22)9-11-5-6-12(24-10-15(19)20)13(8-11)23-4-2/h3,5-6,8-9H,1,4,7,10H2,2H3,(H,19,20)/b14-9-. The maximum Gasteiger partial charge on any atom is 0.341 e. The zero-order valence-electron chi connectivity index (χ0n) is 13.6. The molecule has 7 nitrogen and oxygen atoms in total. The third kappa shape index (κ3) is 4.63. The summed E-state index contributed by atoms with van der Waals surface area (Å²) < 4.78 is 10.6. The molecule has 0 bridgehead atoms. The van der Waals surface area contributed by atoms with E-state index in [2.05, 4.69) is 6.58 Å². The molecular formula is C17H17NO6S. The van der Waals surface area contributed by atoms with E-state index in [1.165, 1.54) is 6.08 Å². The van der Waals surface area contributed by atoms with E-state index >= 15 is 0 Å². The lowest BCUT2D eigenvalue weighted by atomic mass is 10.2. The minimum atomic E-state index is -1.09. The maximum absolute atomic E-state index is 12.2. The second-order valence-corrected chi connectivity index (χ2v) is 5.90. The molecule has 1 fully saturated rings. The predicted octanol–water partition coefficient (Wildman–Crippen LogP) is 2.77. The van der Waals surface area contributed by atoms with E-state index in [0.29, 0.717) is 28.6 Å². The molecule has 1 aromatic rings. The molecule has 0 saturated carbocycles. The van der Waals surface area contributed by atoms with Crippen molar-refractivity contribution in [3.05, 3.63) is 41.3 Å². The van der Waals surface area contributed by atoms with E-state index in [1.54, 1.807) is 31.2 Å². The molecule has 1 aliphatic rings. The smallest absolute Gasteiger partial charge is 0.341 e. The summed E-state index contributed by atoms with van der Waals surface area (Å²) in [5, 5.41) is 8.36. The SMILES string of the molecule is C=CCN1C(=O)S/C(=C\c2ccc(OCC(=O)O)c(OCC)c2)C1=O. The molecular weight excluding hydrogens is 346 g/mol. The first kappa shape index (κ1) is 18.6. The molecule has 1 aliphatic heterocycles. The molecule has 1 N–H and O–H groups in total. The Morgan fingerprint density at radius 1 is 1.32 bits per heavy atom. The third-order valence-electron chi connectivity index (χ3n) is 3.10.